The van der Waals surface area contributed by atoms with Crippen LogP contribution in [0.5, 0.6) is 5.75 Å². The van der Waals surface area contributed by atoms with Gasteiger partial charge in [0, 0.05) is 13.7 Å². The number of nitrogens with zero attached hydrogens (tertiary/aromatic N) is 1. The maximum Gasteiger partial charge on any atom is 0.269 e. The van der Waals surface area contributed by atoms with Gasteiger partial charge in [0.15, 0.2) is 0 Å². The molecule has 6 nitrogen and oxygen atoms in total. The van der Waals surface area contributed by atoms with E-state index in [9.17, 15) is 4.79 Å². The predicted octanol–water partition coefficient (Wildman–Crippen LogP) is 2.99. The van der Waals surface area contributed by atoms with Gasteiger partial charge >= 0.3 is 0 Å². The van der Waals surface area contributed by atoms with Crippen LogP contribution in [0, 0.1) is 0 Å². The minimum Gasteiger partial charge on any atom is -0.489 e. The number of carbonyl (C=O) groups excluding carboxylic acids is 1. The van der Waals surface area contributed by atoms with Gasteiger partial charge in [-0.1, -0.05) is 12.1 Å². The molecule has 24 heavy (non-hydrogen) atoms. The number of methoxy groups -OCH3 is 1. The topological polar surface area (TPSA) is 72.5 Å². The third-order valence-corrected chi connectivity index (χ3v) is 3.12. The van der Waals surface area contributed by atoms with Gasteiger partial charge in [-0.2, -0.15) is 0 Å². The maximum atomic E-state index is 11.9. The van der Waals surface area contributed by atoms with Crippen molar-refractivity contribution in [1.29, 1.82) is 0 Å². The highest BCUT2D eigenvalue weighted by Gasteiger charge is 2.08. The van der Waals surface area contributed by atoms with Crippen molar-refractivity contribution < 1.29 is 14.3 Å². The molecule has 1 heterocycles. The molecule has 128 valence electrons. The van der Waals surface area contributed by atoms with E-state index < -0.39 is 0 Å². The number of amides is 1. The number of para-hydroxylation sites is 2. The van der Waals surface area contributed by atoms with Gasteiger partial charge in [-0.3, -0.25) is 4.79 Å². The Kier molecular flexibility index (Phi) is 6.57. The number of hydrogen-bond acceptors (Lipinski definition) is 5. The number of ether oxygens (including phenoxy) is 2. The van der Waals surface area contributed by atoms with Crippen molar-refractivity contribution in [3.8, 4) is 5.75 Å². The number of aromatic nitrogens is 1. The molecule has 0 atom stereocenters. The molecule has 0 spiro atoms. The Bertz CT molecular complexity index is 657. The number of benzene rings is 1. The lowest BCUT2D eigenvalue weighted by Crippen LogP contribution is -2.27. The summed E-state index contributed by atoms with van der Waals surface area (Å²) in [6, 6.07) is 11.2. The average Bonchev–Trinajstić information content (AvgIpc) is 2.57. The highest BCUT2D eigenvalue weighted by Crippen LogP contribution is 2.27. The minimum absolute atomic E-state index is 0.0873. The van der Waals surface area contributed by atoms with Gasteiger partial charge in [0.25, 0.3) is 5.91 Å². The molecular weight excluding hydrogens is 306 g/mol. The molecule has 2 rings (SSSR count). The van der Waals surface area contributed by atoms with E-state index in [1.54, 1.807) is 19.4 Å². The zero-order valence-electron chi connectivity index (χ0n) is 14.2. The van der Waals surface area contributed by atoms with Crippen LogP contribution in [-0.4, -0.2) is 37.3 Å². The molecule has 0 aliphatic carbocycles. The first-order valence-corrected chi connectivity index (χ1v) is 7.86. The quantitative estimate of drug-likeness (QED) is 0.729. The molecule has 1 aromatic carbocycles. The summed E-state index contributed by atoms with van der Waals surface area (Å²) in [6.07, 6.45) is 1.71. The summed E-state index contributed by atoms with van der Waals surface area (Å²) in [6.45, 7) is 4.89. The lowest BCUT2D eigenvalue weighted by Gasteiger charge is -2.15. The molecule has 0 bridgehead atoms. The van der Waals surface area contributed by atoms with Crippen molar-refractivity contribution in [2.45, 2.75) is 20.0 Å². The summed E-state index contributed by atoms with van der Waals surface area (Å²) in [7, 11) is 1.59. The van der Waals surface area contributed by atoms with Crippen LogP contribution in [0.15, 0.2) is 42.6 Å². The van der Waals surface area contributed by atoms with Crippen molar-refractivity contribution in [3.63, 3.8) is 0 Å². The molecule has 0 radical (unpaired) electrons. The van der Waals surface area contributed by atoms with Crippen molar-refractivity contribution in [2.24, 2.45) is 0 Å². The fraction of sp³-hybridized carbons (Fsp3) is 0.333. The van der Waals surface area contributed by atoms with E-state index in [0.29, 0.717) is 18.8 Å². The Morgan fingerprint density at radius 1 is 1.21 bits per heavy atom. The Morgan fingerprint density at radius 3 is 2.67 bits per heavy atom. The molecule has 0 aliphatic rings. The van der Waals surface area contributed by atoms with Gasteiger partial charge in [-0.05, 0) is 38.1 Å². The number of carbonyl (C=O) groups is 1. The molecule has 2 aromatic rings. The average molecular weight is 329 g/mol. The van der Waals surface area contributed by atoms with Gasteiger partial charge in [0.05, 0.1) is 30.3 Å². The van der Waals surface area contributed by atoms with E-state index in [2.05, 4.69) is 15.6 Å². The Morgan fingerprint density at radius 2 is 2.00 bits per heavy atom. The van der Waals surface area contributed by atoms with Crippen molar-refractivity contribution in [1.82, 2.24) is 10.3 Å². The van der Waals surface area contributed by atoms with E-state index in [0.717, 1.165) is 17.1 Å². The van der Waals surface area contributed by atoms with Crippen molar-refractivity contribution in [2.75, 3.05) is 25.6 Å². The lowest BCUT2D eigenvalue weighted by molar-refractivity contribution is 0.0932. The number of rotatable bonds is 8. The van der Waals surface area contributed by atoms with E-state index >= 15 is 0 Å². The van der Waals surface area contributed by atoms with Crippen LogP contribution in [0.3, 0.4) is 0 Å². The SMILES string of the molecule is COCCNC(=O)c1ccc(Nc2ccccc2OC(C)C)cn1. The van der Waals surface area contributed by atoms with Gasteiger partial charge in [-0.15, -0.1) is 0 Å². The van der Waals surface area contributed by atoms with Crippen LogP contribution in [0.2, 0.25) is 0 Å². The first-order chi connectivity index (χ1) is 11.6. The number of nitrogens with one attached hydrogen (secondary N) is 2. The van der Waals surface area contributed by atoms with Crippen LogP contribution in [-0.2, 0) is 4.74 Å². The van der Waals surface area contributed by atoms with E-state index in [4.69, 9.17) is 9.47 Å². The summed E-state index contributed by atoms with van der Waals surface area (Å²) in [5.74, 6) is 0.552. The van der Waals surface area contributed by atoms with Crippen LogP contribution in [0.25, 0.3) is 0 Å². The monoisotopic (exact) mass is 329 g/mol. The highest BCUT2D eigenvalue weighted by molar-refractivity contribution is 5.92. The normalized spacial score (nSPS) is 10.5. The molecular formula is C18H23N3O3. The third kappa shape index (κ3) is 5.24. The number of anilines is 2. The third-order valence-electron chi connectivity index (χ3n) is 3.12. The predicted molar refractivity (Wildman–Crippen MR) is 93.9 cm³/mol. The van der Waals surface area contributed by atoms with E-state index in [-0.39, 0.29) is 12.0 Å². The van der Waals surface area contributed by atoms with Gasteiger partial charge in [-0.25, -0.2) is 4.98 Å². The first kappa shape index (κ1) is 17.7. The highest BCUT2D eigenvalue weighted by atomic mass is 16.5. The van der Waals surface area contributed by atoms with Crippen LogP contribution < -0.4 is 15.4 Å². The summed E-state index contributed by atoms with van der Waals surface area (Å²) < 4.78 is 10.7. The molecule has 0 saturated carbocycles. The fourth-order valence-electron chi connectivity index (χ4n) is 2.04. The first-order valence-electron chi connectivity index (χ1n) is 7.86. The second-order valence-electron chi connectivity index (χ2n) is 5.47. The second kappa shape index (κ2) is 8.88. The van der Waals surface area contributed by atoms with Gasteiger partial charge in [0.1, 0.15) is 11.4 Å². The summed E-state index contributed by atoms with van der Waals surface area (Å²) in [5, 5.41) is 5.99. The van der Waals surface area contributed by atoms with Gasteiger partial charge < -0.3 is 20.1 Å². The molecule has 1 amide bonds. The van der Waals surface area contributed by atoms with Crippen LogP contribution in [0.1, 0.15) is 24.3 Å². The van der Waals surface area contributed by atoms with E-state index in [1.165, 1.54) is 0 Å². The standard InChI is InChI=1S/C18H23N3O3/c1-13(2)24-17-7-5-4-6-15(17)21-14-8-9-16(20-12-14)18(22)19-10-11-23-3/h4-9,12-13,21H,10-11H2,1-3H3,(H,19,22). The van der Waals surface area contributed by atoms with Gasteiger partial charge in [0.2, 0.25) is 0 Å². The zero-order valence-corrected chi connectivity index (χ0v) is 14.2. The summed E-state index contributed by atoms with van der Waals surface area (Å²) >= 11 is 0. The maximum absolute atomic E-state index is 11.9. The molecule has 0 unspecified atom stereocenters. The molecule has 0 saturated heterocycles. The molecule has 2 N–H and O–H groups in total. The summed E-state index contributed by atoms with van der Waals surface area (Å²) in [4.78, 5) is 16.1. The molecule has 1 aromatic heterocycles. The Labute approximate surface area is 142 Å². The van der Waals surface area contributed by atoms with Crippen molar-refractivity contribution >= 4 is 17.3 Å². The van der Waals surface area contributed by atoms with Crippen molar-refractivity contribution in [3.05, 3.63) is 48.3 Å². The largest absolute Gasteiger partial charge is 0.489 e. The molecule has 6 heteroatoms. The second-order valence-corrected chi connectivity index (χ2v) is 5.47. The molecule has 0 aliphatic heterocycles. The van der Waals surface area contributed by atoms with E-state index in [1.807, 2.05) is 44.2 Å². The van der Waals surface area contributed by atoms with Crippen LogP contribution >= 0.6 is 0 Å². The number of pyridine rings is 1. The van der Waals surface area contributed by atoms with Crippen LogP contribution in [0.4, 0.5) is 11.4 Å². The lowest BCUT2D eigenvalue weighted by atomic mass is 10.2. The molecule has 0 fully saturated rings. The Balaban J connectivity index is 2.03. The fourth-order valence-corrected chi connectivity index (χ4v) is 2.04. The Hall–Kier alpha value is -2.60. The zero-order chi connectivity index (χ0) is 17.4. The number of hydrogen-bond donors (Lipinski definition) is 2. The smallest absolute Gasteiger partial charge is 0.269 e. The summed E-state index contributed by atoms with van der Waals surface area (Å²) in [5.41, 5.74) is 2.00. The minimum atomic E-state index is -0.220.